The van der Waals surface area contributed by atoms with Crippen molar-refractivity contribution in [2.45, 2.75) is 23.4 Å². The van der Waals surface area contributed by atoms with Gasteiger partial charge in [0.2, 0.25) is 5.89 Å². The summed E-state index contributed by atoms with van der Waals surface area (Å²) in [6, 6.07) is 5.48. The van der Waals surface area contributed by atoms with E-state index in [2.05, 4.69) is 25.4 Å². The molecule has 0 bridgehead atoms. The zero-order valence-corrected chi connectivity index (χ0v) is 16.3. The lowest BCUT2D eigenvalue weighted by Gasteiger charge is -2.07. The Balaban J connectivity index is 1.63. The topological polar surface area (TPSA) is 82.5 Å². The highest BCUT2D eigenvalue weighted by Gasteiger charge is 2.22. The Kier molecular flexibility index (Phi) is 5.24. The third-order valence-electron chi connectivity index (χ3n) is 4.07. The van der Waals surface area contributed by atoms with Crippen molar-refractivity contribution in [1.82, 2.24) is 29.9 Å². The number of aromatic nitrogens is 6. The molecule has 0 amide bonds. The van der Waals surface area contributed by atoms with Crippen LogP contribution in [0.25, 0.3) is 22.8 Å². The van der Waals surface area contributed by atoms with E-state index in [4.69, 9.17) is 4.42 Å². The summed E-state index contributed by atoms with van der Waals surface area (Å²) in [6.07, 6.45) is -1.36. The van der Waals surface area contributed by atoms with Gasteiger partial charge in [0.25, 0.3) is 5.89 Å². The summed E-state index contributed by atoms with van der Waals surface area (Å²) in [5.41, 5.74) is 1.38. The maximum atomic E-state index is 14.6. The lowest BCUT2D eigenvalue weighted by molar-refractivity contribution is 0.116. The average Bonchev–Trinajstić information content (AvgIpc) is 3.33. The fourth-order valence-corrected chi connectivity index (χ4v) is 3.37. The Morgan fingerprint density at radius 2 is 1.73 bits per heavy atom. The van der Waals surface area contributed by atoms with Crippen LogP contribution in [0.2, 0.25) is 0 Å². The molecule has 0 saturated carbocycles. The third-order valence-corrected chi connectivity index (χ3v) is 5.20. The number of rotatable bonds is 5. The zero-order valence-electron chi connectivity index (χ0n) is 15.5. The Morgan fingerprint density at radius 3 is 2.33 bits per heavy atom. The number of halogens is 4. The molecule has 154 valence electrons. The fraction of sp³-hybridized carbons (Fsp3) is 0.167. The van der Waals surface area contributed by atoms with Gasteiger partial charge in [-0.15, -0.1) is 20.4 Å². The Hall–Kier alpha value is -3.28. The zero-order chi connectivity index (χ0) is 21.4. The standard InChI is InChI=1S/C18H12F4N6OS/c1-8-3-4-9(7-23-8)15-24-27-18(28(15)2)30-13-11(19)5-10(6-12(13)20)16-25-26-17(29-16)14(21)22/h3-7,14H,1-2H3. The smallest absolute Gasteiger partial charge is 0.314 e. The van der Waals surface area contributed by atoms with Gasteiger partial charge in [-0.1, -0.05) is 0 Å². The number of hydrogen-bond acceptors (Lipinski definition) is 7. The predicted molar refractivity (Wildman–Crippen MR) is 97.7 cm³/mol. The fourth-order valence-electron chi connectivity index (χ4n) is 2.57. The van der Waals surface area contributed by atoms with Gasteiger partial charge >= 0.3 is 6.43 Å². The van der Waals surface area contributed by atoms with Gasteiger partial charge in [0.05, 0.1) is 4.90 Å². The second-order valence-corrected chi connectivity index (χ2v) is 7.15. The first kappa shape index (κ1) is 20.0. The molecule has 4 rings (SSSR count). The Bertz CT molecular complexity index is 1180. The van der Waals surface area contributed by atoms with Crippen molar-refractivity contribution in [2.24, 2.45) is 7.05 Å². The van der Waals surface area contributed by atoms with E-state index in [1.807, 2.05) is 19.1 Å². The van der Waals surface area contributed by atoms with E-state index in [0.29, 0.717) is 11.4 Å². The monoisotopic (exact) mass is 436 g/mol. The van der Waals surface area contributed by atoms with Crippen molar-refractivity contribution in [3.8, 4) is 22.8 Å². The summed E-state index contributed by atoms with van der Waals surface area (Å²) in [5.74, 6) is -2.73. The van der Waals surface area contributed by atoms with Gasteiger partial charge < -0.3 is 8.98 Å². The SMILES string of the molecule is Cc1ccc(-c2nnc(Sc3c(F)cc(-c4nnc(C(F)F)o4)cc3F)n2C)cn1. The maximum Gasteiger partial charge on any atom is 0.314 e. The Morgan fingerprint density at radius 1 is 1.00 bits per heavy atom. The summed E-state index contributed by atoms with van der Waals surface area (Å²) in [7, 11) is 1.66. The van der Waals surface area contributed by atoms with Crippen LogP contribution < -0.4 is 0 Å². The lowest BCUT2D eigenvalue weighted by Crippen LogP contribution is -1.97. The number of benzene rings is 1. The summed E-state index contributed by atoms with van der Waals surface area (Å²) in [6.45, 7) is 1.85. The number of alkyl halides is 2. The number of hydrogen-bond donors (Lipinski definition) is 0. The molecule has 0 aliphatic heterocycles. The van der Waals surface area contributed by atoms with Crippen molar-refractivity contribution < 1.29 is 22.0 Å². The molecule has 0 fully saturated rings. The van der Waals surface area contributed by atoms with Crippen LogP contribution >= 0.6 is 11.8 Å². The molecule has 12 heteroatoms. The first-order chi connectivity index (χ1) is 14.3. The van der Waals surface area contributed by atoms with Crippen molar-refractivity contribution in [3.63, 3.8) is 0 Å². The van der Waals surface area contributed by atoms with Gasteiger partial charge in [-0.05, 0) is 43.0 Å². The van der Waals surface area contributed by atoms with Crippen LogP contribution in [0, 0.1) is 18.6 Å². The highest BCUT2D eigenvalue weighted by atomic mass is 32.2. The van der Waals surface area contributed by atoms with Gasteiger partial charge in [-0.2, -0.15) is 8.78 Å². The van der Waals surface area contributed by atoms with E-state index >= 15 is 0 Å². The molecular weight excluding hydrogens is 424 g/mol. The van der Waals surface area contributed by atoms with Gasteiger partial charge in [0.15, 0.2) is 11.0 Å². The van der Waals surface area contributed by atoms with E-state index in [9.17, 15) is 17.6 Å². The summed E-state index contributed by atoms with van der Waals surface area (Å²) in [5, 5.41) is 14.8. The lowest BCUT2D eigenvalue weighted by atomic mass is 10.2. The van der Waals surface area contributed by atoms with E-state index in [-0.39, 0.29) is 15.6 Å². The molecule has 1 aromatic carbocycles. The van der Waals surface area contributed by atoms with Crippen LogP contribution in [0.4, 0.5) is 17.6 Å². The summed E-state index contributed by atoms with van der Waals surface area (Å²) < 4.78 is 60.6. The normalized spacial score (nSPS) is 11.4. The van der Waals surface area contributed by atoms with Gasteiger partial charge in [-0.25, -0.2) is 8.78 Å². The van der Waals surface area contributed by atoms with E-state index < -0.39 is 29.8 Å². The second kappa shape index (κ2) is 7.86. The van der Waals surface area contributed by atoms with Gasteiger partial charge in [0.1, 0.15) is 11.6 Å². The number of nitrogens with zero attached hydrogens (tertiary/aromatic N) is 6. The molecule has 0 N–H and O–H groups in total. The highest BCUT2D eigenvalue weighted by molar-refractivity contribution is 7.99. The largest absolute Gasteiger partial charge is 0.415 e. The van der Waals surface area contributed by atoms with Crippen molar-refractivity contribution in [1.29, 1.82) is 0 Å². The molecule has 0 saturated heterocycles. The first-order valence-electron chi connectivity index (χ1n) is 8.44. The van der Waals surface area contributed by atoms with Crippen molar-refractivity contribution >= 4 is 11.8 Å². The van der Waals surface area contributed by atoms with Gasteiger partial charge in [-0.3, -0.25) is 4.98 Å². The second-order valence-electron chi connectivity index (χ2n) is 6.17. The number of aryl methyl sites for hydroxylation is 1. The van der Waals surface area contributed by atoms with Crippen LogP contribution in [0.3, 0.4) is 0 Å². The minimum Gasteiger partial charge on any atom is -0.415 e. The molecule has 30 heavy (non-hydrogen) atoms. The van der Waals surface area contributed by atoms with E-state index in [0.717, 1.165) is 29.6 Å². The molecule has 0 unspecified atom stereocenters. The molecule has 7 nitrogen and oxygen atoms in total. The van der Waals surface area contributed by atoms with E-state index in [1.165, 1.54) is 0 Å². The van der Waals surface area contributed by atoms with Crippen molar-refractivity contribution in [2.75, 3.05) is 0 Å². The molecule has 0 spiro atoms. The first-order valence-corrected chi connectivity index (χ1v) is 9.26. The Labute approximate surface area is 171 Å². The summed E-state index contributed by atoms with van der Waals surface area (Å²) >= 11 is 0.732. The van der Waals surface area contributed by atoms with E-state index in [1.54, 1.807) is 17.8 Å². The minimum atomic E-state index is -2.98. The summed E-state index contributed by atoms with van der Waals surface area (Å²) in [4.78, 5) is 3.86. The highest BCUT2D eigenvalue weighted by Crippen LogP contribution is 2.35. The molecule has 0 radical (unpaired) electrons. The quantitative estimate of drug-likeness (QED) is 0.423. The molecule has 3 heterocycles. The molecule has 0 aliphatic carbocycles. The van der Waals surface area contributed by atoms with Gasteiger partial charge in [0, 0.05) is 30.1 Å². The molecule has 0 atom stereocenters. The minimum absolute atomic E-state index is 0.155. The van der Waals surface area contributed by atoms with Crippen LogP contribution in [0.15, 0.2) is 44.9 Å². The average molecular weight is 436 g/mol. The van der Waals surface area contributed by atoms with Crippen LogP contribution in [-0.4, -0.2) is 29.9 Å². The molecule has 0 aliphatic rings. The van der Waals surface area contributed by atoms with Crippen LogP contribution in [0.5, 0.6) is 0 Å². The molecule has 4 aromatic rings. The third kappa shape index (κ3) is 3.77. The predicted octanol–water partition coefficient (Wildman–Crippen LogP) is 4.60. The number of pyridine rings is 1. The molecule has 3 aromatic heterocycles. The van der Waals surface area contributed by atoms with Crippen LogP contribution in [0.1, 0.15) is 18.0 Å². The van der Waals surface area contributed by atoms with Crippen LogP contribution in [-0.2, 0) is 7.05 Å². The molecular formula is C18H12F4N6OS. The van der Waals surface area contributed by atoms with Crippen molar-refractivity contribution in [3.05, 3.63) is 53.7 Å². The maximum absolute atomic E-state index is 14.6.